The predicted octanol–water partition coefficient (Wildman–Crippen LogP) is 4.07. The molecule has 1 amide bonds. The van der Waals surface area contributed by atoms with Crippen molar-refractivity contribution < 1.29 is 4.79 Å². The maximum absolute atomic E-state index is 13.4. The molecule has 2 atom stereocenters. The number of aryl methyl sites for hydroxylation is 1. The van der Waals surface area contributed by atoms with Gasteiger partial charge in [-0.1, -0.05) is 31.2 Å². The van der Waals surface area contributed by atoms with E-state index in [-0.39, 0.29) is 17.4 Å². The maximum Gasteiger partial charge on any atom is 0.254 e. The summed E-state index contributed by atoms with van der Waals surface area (Å²) in [5, 5.41) is 0. The van der Waals surface area contributed by atoms with Gasteiger partial charge in [0, 0.05) is 23.6 Å². The number of hydrogen-bond acceptors (Lipinski definition) is 2. The number of hydrogen-bond donors (Lipinski definition) is 1. The van der Waals surface area contributed by atoms with E-state index in [2.05, 4.69) is 46.1 Å². The number of fused-ring (bicyclic) bond motifs is 4. The number of amides is 1. The van der Waals surface area contributed by atoms with Gasteiger partial charge in [-0.15, -0.1) is 0 Å². The van der Waals surface area contributed by atoms with E-state index >= 15 is 0 Å². The third kappa shape index (κ3) is 2.21. The molecule has 2 heterocycles. The summed E-state index contributed by atoms with van der Waals surface area (Å²) in [6, 6.07) is 14.8. The van der Waals surface area contributed by atoms with Crippen LogP contribution in [0.4, 0.5) is 0 Å². The van der Waals surface area contributed by atoms with Crippen LogP contribution in [0.2, 0.25) is 0 Å². The van der Waals surface area contributed by atoms with Gasteiger partial charge in [-0.25, -0.2) is 4.98 Å². The van der Waals surface area contributed by atoms with Crippen molar-refractivity contribution in [1.82, 2.24) is 14.9 Å². The molecule has 1 aliphatic carbocycles. The summed E-state index contributed by atoms with van der Waals surface area (Å²) in [5.74, 6) is 0.150. The van der Waals surface area contributed by atoms with Crippen molar-refractivity contribution in [3.8, 4) is 0 Å². The third-order valence-corrected chi connectivity index (χ3v) is 6.45. The van der Waals surface area contributed by atoms with Crippen LogP contribution in [0.15, 0.2) is 48.8 Å². The van der Waals surface area contributed by atoms with E-state index in [9.17, 15) is 4.79 Å². The number of nitrogens with zero attached hydrogens (tertiary/aromatic N) is 2. The molecule has 1 aliphatic heterocycles. The summed E-state index contributed by atoms with van der Waals surface area (Å²) in [7, 11) is 0. The molecule has 132 valence electrons. The Morgan fingerprint density at radius 3 is 3.08 bits per heavy atom. The standard InChI is InChI=1S/C22H23N3O/c1-22-11-4-12-25(20(22)10-8-15-5-2-3-6-17(15)22)21(26)16-7-9-18-19(13-16)24-14-23-18/h2-3,5-7,9,13-14,20H,4,8,10-12H2,1H3,(H,23,24). The molecule has 26 heavy (non-hydrogen) atoms. The van der Waals surface area contributed by atoms with Gasteiger partial charge in [0.25, 0.3) is 5.91 Å². The molecule has 0 bridgehead atoms. The molecule has 4 heteroatoms. The van der Waals surface area contributed by atoms with Gasteiger partial charge in [0.2, 0.25) is 0 Å². The zero-order chi connectivity index (χ0) is 17.7. The molecular weight excluding hydrogens is 322 g/mol. The number of benzene rings is 2. The van der Waals surface area contributed by atoms with Crippen molar-refractivity contribution in [1.29, 1.82) is 0 Å². The largest absolute Gasteiger partial charge is 0.345 e. The topological polar surface area (TPSA) is 49.0 Å². The Morgan fingerprint density at radius 1 is 1.27 bits per heavy atom. The number of likely N-dealkylation sites (tertiary alicyclic amines) is 1. The van der Waals surface area contributed by atoms with Crippen molar-refractivity contribution >= 4 is 16.9 Å². The van der Waals surface area contributed by atoms with E-state index in [1.807, 2.05) is 18.2 Å². The van der Waals surface area contributed by atoms with Gasteiger partial charge in [0.15, 0.2) is 0 Å². The van der Waals surface area contributed by atoms with Gasteiger partial charge in [-0.05, 0) is 55.0 Å². The predicted molar refractivity (Wildman–Crippen MR) is 102 cm³/mol. The summed E-state index contributed by atoms with van der Waals surface area (Å²) in [5.41, 5.74) is 5.53. The van der Waals surface area contributed by atoms with Crippen molar-refractivity contribution in [2.24, 2.45) is 0 Å². The number of piperidine rings is 1. The first-order valence-corrected chi connectivity index (χ1v) is 9.49. The third-order valence-electron chi connectivity index (χ3n) is 6.45. The first-order valence-electron chi connectivity index (χ1n) is 9.49. The van der Waals surface area contributed by atoms with Crippen LogP contribution in [-0.4, -0.2) is 33.4 Å². The number of imidazole rings is 1. The smallest absolute Gasteiger partial charge is 0.254 e. The highest BCUT2D eigenvalue weighted by atomic mass is 16.2. The van der Waals surface area contributed by atoms with Crippen molar-refractivity contribution in [3.05, 3.63) is 65.5 Å². The summed E-state index contributed by atoms with van der Waals surface area (Å²) < 4.78 is 0. The number of aromatic amines is 1. The summed E-state index contributed by atoms with van der Waals surface area (Å²) in [6.45, 7) is 3.20. The highest BCUT2D eigenvalue weighted by Gasteiger charge is 2.46. The monoisotopic (exact) mass is 345 g/mol. The quantitative estimate of drug-likeness (QED) is 0.723. The molecule has 1 N–H and O–H groups in total. The number of H-pyrrole nitrogens is 1. The van der Waals surface area contributed by atoms with Gasteiger partial charge in [-0.3, -0.25) is 4.79 Å². The van der Waals surface area contributed by atoms with Crippen LogP contribution >= 0.6 is 0 Å². The fourth-order valence-electron chi connectivity index (χ4n) is 5.14. The average molecular weight is 345 g/mol. The van der Waals surface area contributed by atoms with E-state index in [1.165, 1.54) is 11.1 Å². The Balaban J connectivity index is 1.52. The van der Waals surface area contributed by atoms with Gasteiger partial charge in [0.05, 0.1) is 17.4 Å². The van der Waals surface area contributed by atoms with E-state index in [1.54, 1.807) is 6.33 Å². The zero-order valence-electron chi connectivity index (χ0n) is 15.0. The minimum absolute atomic E-state index is 0.0564. The molecule has 0 radical (unpaired) electrons. The highest BCUT2D eigenvalue weighted by molar-refractivity contribution is 5.97. The lowest BCUT2D eigenvalue weighted by atomic mass is 9.63. The van der Waals surface area contributed by atoms with Crippen LogP contribution in [0, 0.1) is 0 Å². The number of carbonyl (C=O) groups is 1. The Labute approximate surface area is 153 Å². The lowest BCUT2D eigenvalue weighted by Crippen LogP contribution is -2.57. The molecule has 0 saturated carbocycles. The number of carbonyl (C=O) groups excluding carboxylic acids is 1. The molecule has 1 fully saturated rings. The minimum Gasteiger partial charge on any atom is -0.345 e. The summed E-state index contributed by atoms with van der Waals surface area (Å²) >= 11 is 0. The molecule has 4 nitrogen and oxygen atoms in total. The molecule has 1 aromatic heterocycles. The lowest BCUT2D eigenvalue weighted by molar-refractivity contribution is 0.0390. The molecule has 1 saturated heterocycles. The van der Waals surface area contributed by atoms with Gasteiger partial charge >= 0.3 is 0 Å². The first-order chi connectivity index (χ1) is 12.7. The normalized spacial score (nSPS) is 25.0. The minimum atomic E-state index is 0.0564. The molecule has 2 aliphatic rings. The molecule has 3 aromatic rings. The fourth-order valence-corrected chi connectivity index (χ4v) is 5.14. The Morgan fingerprint density at radius 2 is 2.15 bits per heavy atom. The van der Waals surface area contributed by atoms with E-state index in [0.717, 1.165) is 48.8 Å². The van der Waals surface area contributed by atoms with Crippen LogP contribution in [0.25, 0.3) is 11.0 Å². The lowest BCUT2D eigenvalue weighted by Gasteiger charge is -2.52. The Bertz CT molecular complexity index is 992. The van der Waals surface area contributed by atoms with Crippen LogP contribution in [0.3, 0.4) is 0 Å². The Kier molecular flexibility index (Phi) is 3.42. The van der Waals surface area contributed by atoms with Crippen LogP contribution in [0.5, 0.6) is 0 Å². The molecule has 2 aromatic carbocycles. The number of rotatable bonds is 1. The second-order valence-electron chi connectivity index (χ2n) is 7.87. The number of nitrogens with one attached hydrogen (secondary N) is 1. The van der Waals surface area contributed by atoms with E-state index in [4.69, 9.17) is 0 Å². The molecule has 2 unspecified atom stereocenters. The van der Waals surface area contributed by atoms with E-state index < -0.39 is 0 Å². The Hall–Kier alpha value is -2.62. The van der Waals surface area contributed by atoms with Gasteiger partial charge in [-0.2, -0.15) is 0 Å². The van der Waals surface area contributed by atoms with Crippen molar-refractivity contribution in [2.75, 3.05) is 6.54 Å². The van der Waals surface area contributed by atoms with E-state index in [0.29, 0.717) is 0 Å². The molecule has 5 rings (SSSR count). The van der Waals surface area contributed by atoms with Crippen LogP contribution in [0.1, 0.15) is 47.7 Å². The second-order valence-corrected chi connectivity index (χ2v) is 7.87. The molecular formula is C22H23N3O. The van der Waals surface area contributed by atoms with Crippen molar-refractivity contribution in [3.63, 3.8) is 0 Å². The summed E-state index contributed by atoms with van der Waals surface area (Å²) in [4.78, 5) is 22.9. The summed E-state index contributed by atoms with van der Waals surface area (Å²) in [6.07, 6.45) is 5.98. The zero-order valence-corrected chi connectivity index (χ0v) is 15.0. The highest BCUT2D eigenvalue weighted by Crippen LogP contribution is 2.46. The van der Waals surface area contributed by atoms with Gasteiger partial charge in [0.1, 0.15) is 0 Å². The number of aromatic nitrogens is 2. The first kappa shape index (κ1) is 15.6. The average Bonchev–Trinajstić information content (AvgIpc) is 3.14. The second kappa shape index (κ2) is 5.70. The SMILES string of the molecule is CC12CCCN(C(=O)c3ccc4nc[nH]c4c3)C1CCc1ccccc12. The maximum atomic E-state index is 13.4. The van der Waals surface area contributed by atoms with Crippen LogP contribution in [-0.2, 0) is 11.8 Å². The van der Waals surface area contributed by atoms with Crippen LogP contribution < -0.4 is 0 Å². The van der Waals surface area contributed by atoms with Crippen molar-refractivity contribution in [2.45, 2.75) is 44.1 Å². The van der Waals surface area contributed by atoms with Gasteiger partial charge < -0.3 is 9.88 Å². The fraction of sp³-hybridized carbons (Fsp3) is 0.364. The molecule has 0 spiro atoms.